The quantitative estimate of drug-likeness (QED) is 0.909. The van der Waals surface area contributed by atoms with Gasteiger partial charge in [-0.15, -0.1) is 0 Å². The maximum Gasteiger partial charge on any atom is 0.266 e. The van der Waals surface area contributed by atoms with Crippen LogP contribution in [0.1, 0.15) is 26.7 Å². The average molecular weight is 308 g/mol. The number of benzene rings is 1. The van der Waals surface area contributed by atoms with Gasteiger partial charge in [-0.2, -0.15) is 0 Å². The van der Waals surface area contributed by atoms with Gasteiger partial charge in [0.15, 0.2) is 0 Å². The average Bonchev–Trinajstić information content (AvgIpc) is 2.25. The number of nitrogens with one attached hydrogen (secondary N) is 1. The summed E-state index contributed by atoms with van der Waals surface area (Å²) in [4.78, 5) is 10.9. The largest absolute Gasteiger partial charge is 0.274 e. The fraction of sp³-hybridized carbons (Fsp3) is 0.417. The first-order chi connectivity index (χ1) is 8.72. The van der Waals surface area contributed by atoms with E-state index in [2.05, 4.69) is 0 Å². The van der Waals surface area contributed by atoms with Gasteiger partial charge in [0.05, 0.1) is 0 Å². The molecule has 1 N–H and O–H groups in total. The van der Waals surface area contributed by atoms with Crippen molar-refractivity contribution in [2.24, 2.45) is 5.92 Å². The van der Waals surface area contributed by atoms with Crippen LogP contribution in [-0.4, -0.2) is 14.3 Å². The third-order valence-corrected chi connectivity index (χ3v) is 4.02. The number of rotatable bonds is 5. The zero-order chi connectivity index (χ0) is 14.6. The normalized spacial score (nSPS) is 11.6. The second kappa shape index (κ2) is 6.34. The molecule has 0 aliphatic carbocycles. The van der Waals surface area contributed by atoms with E-state index >= 15 is 0 Å². The Labute approximate surface area is 117 Å². The molecule has 7 heteroatoms. The van der Waals surface area contributed by atoms with Gasteiger partial charge in [-0.1, -0.05) is 25.4 Å². The van der Waals surface area contributed by atoms with Crippen molar-refractivity contribution in [3.63, 3.8) is 0 Å². The Bertz CT molecular complexity index is 572. The molecule has 1 aromatic rings. The molecule has 0 unspecified atom stereocenters. The van der Waals surface area contributed by atoms with Crippen molar-refractivity contribution >= 4 is 27.5 Å². The molecule has 0 aliphatic rings. The zero-order valence-electron chi connectivity index (χ0n) is 10.6. The first kappa shape index (κ1) is 15.9. The first-order valence-electron chi connectivity index (χ1n) is 5.73. The summed E-state index contributed by atoms with van der Waals surface area (Å²) in [5, 5.41) is 0.0857. The Kier molecular flexibility index (Phi) is 5.31. The van der Waals surface area contributed by atoms with Crippen LogP contribution in [-0.2, 0) is 14.8 Å². The summed E-state index contributed by atoms with van der Waals surface area (Å²) in [6.07, 6.45) is 0.635. The maximum absolute atomic E-state index is 13.5. The van der Waals surface area contributed by atoms with Crippen molar-refractivity contribution in [1.82, 2.24) is 4.72 Å². The number of carbonyl (C=O) groups is 1. The molecule has 0 radical (unpaired) electrons. The smallest absolute Gasteiger partial charge is 0.266 e. The minimum Gasteiger partial charge on any atom is -0.274 e. The van der Waals surface area contributed by atoms with E-state index < -0.39 is 26.6 Å². The van der Waals surface area contributed by atoms with Crippen molar-refractivity contribution in [1.29, 1.82) is 0 Å². The van der Waals surface area contributed by atoms with Gasteiger partial charge >= 0.3 is 0 Å². The molecular weight excluding hydrogens is 293 g/mol. The van der Waals surface area contributed by atoms with Crippen LogP contribution in [0.4, 0.5) is 4.39 Å². The standard InChI is InChI=1S/C12H15ClFNO3S/c1-8(2)3-6-12(16)15-19(17,18)11-5-4-9(13)7-10(11)14/h4-5,7-8H,3,6H2,1-2H3,(H,15,16). The van der Waals surface area contributed by atoms with Crippen LogP contribution in [0, 0.1) is 11.7 Å². The Morgan fingerprint density at radius 3 is 2.58 bits per heavy atom. The number of halogens is 2. The van der Waals surface area contributed by atoms with E-state index in [-0.39, 0.29) is 17.4 Å². The molecule has 4 nitrogen and oxygen atoms in total. The predicted molar refractivity (Wildman–Crippen MR) is 70.8 cm³/mol. The highest BCUT2D eigenvalue weighted by Crippen LogP contribution is 2.19. The van der Waals surface area contributed by atoms with Crippen molar-refractivity contribution in [3.8, 4) is 0 Å². The summed E-state index contributed by atoms with van der Waals surface area (Å²) in [6.45, 7) is 3.83. The second-order valence-electron chi connectivity index (χ2n) is 4.54. The van der Waals surface area contributed by atoms with Gasteiger partial charge in [-0.3, -0.25) is 4.79 Å². The Morgan fingerprint density at radius 1 is 1.42 bits per heavy atom. The van der Waals surface area contributed by atoms with Gasteiger partial charge in [-0.25, -0.2) is 17.5 Å². The molecule has 1 amide bonds. The summed E-state index contributed by atoms with van der Waals surface area (Å²) in [7, 11) is -4.19. The number of sulfonamides is 1. The van der Waals surface area contributed by atoms with E-state index in [0.29, 0.717) is 6.42 Å². The van der Waals surface area contributed by atoms with Crippen molar-refractivity contribution < 1.29 is 17.6 Å². The molecule has 0 heterocycles. The third-order valence-electron chi connectivity index (χ3n) is 2.38. The van der Waals surface area contributed by atoms with Crippen molar-refractivity contribution in [2.45, 2.75) is 31.6 Å². The second-order valence-corrected chi connectivity index (χ2v) is 6.62. The topological polar surface area (TPSA) is 63.2 Å². The number of hydrogen-bond donors (Lipinski definition) is 1. The van der Waals surface area contributed by atoms with Gasteiger partial charge in [-0.05, 0) is 30.5 Å². The highest BCUT2D eigenvalue weighted by molar-refractivity contribution is 7.90. The van der Waals surface area contributed by atoms with E-state index in [1.807, 2.05) is 18.6 Å². The molecule has 0 aliphatic heterocycles. The first-order valence-corrected chi connectivity index (χ1v) is 7.59. The third kappa shape index (κ3) is 4.80. The van der Waals surface area contributed by atoms with Crippen LogP contribution < -0.4 is 4.72 Å². The molecule has 0 saturated heterocycles. The Morgan fingerprint density at radius 2 is 2.05 bits per heavy atom. The van der Waals surface area contributed by atoms with E-state index in [1.54, 1.807) is 0 Å². The van der Waals surface area contributed by atoms with Gasteiger partial charge in [0.1, 0.15) is 10.7 Å². The fourth-order valence-electron chi connectivity index (χ4n) is 1.37. The molecule has 0 atom stereocenters. The molecule has 0 saturated carbocycles. The molecule has 0 spiro atoms. The van der Waals surface area contributed by atoms with Crippen LogP contribution in [0.3, 0.4) is 0 Å². The highest BCUT2D eigenvalue weighted by Gasteiger charge is 2.21. The van der Waals surface area contributed by atoms with Crippen LogP contribution in [0.2, 0.25) is 5.02 Å². The molecule has 0 aromatic heterocycles. The Hall–Kier alpha value is -1.14. The van der Waals surface area contributed by atoms with E-state index in [1.165, 1.54) is 6.07 Å². The number of carbonyl (C=O) groups excluding carboxylic acids is 1. The minimum atomic E-state index is -4.19. The number of amides is 1. The molecular formula is C12H15ClFNO3S. The lowest BCUT2D eigenvalue weighted by atomic mass is 10.1. The molecule has 0 bridgehead atoms. The van der Waals surface area contributed by atoms with Gasteiger partial charge in [0.2, 0.25) is 5.91 Å². The Balaban J connectivity index is 2.84. The fourth-order valence-corrected chi connectivity index (χ4v) is 2.60. The van der Waals surface area contributed by atoms with Crippen molar-refractivity contribution in [3.05, 3.63) is 29.0 Å². The molecule has 19 heavy (non-hydrogen) atoms. The van der Waals surface area contributed by atoms with Crippen LogP contribution in [0.25, 0.3) is 0 Å². The van der Waals surface area contributed by atoms with E-state index in [9.17, 15) is 17.6 Å². The molecule has 1 aromatic carbocycles. The van der Waals surface area contributed by atoms with Crippen molar-refractivity contribution in [2.75, 3.05) is 0 Å². The predicted octanol–water partition coefficient (Wildman–Crippen LogP) is 2.72. The SMILES string of the molecule is CC(C)CCC(=O)NS(=O)(=O)c1ccc(Cl)cc1F. The summed E-state index contributed by atoms with van der Waals surface area (Å²) < 4.78 is 38.9. The zero-order valence-corrected chi connectivity index (χ0v) is 12.2. The van der Waals surface area contributed by atoms with E-state index in [0.717, 1.165) is 12.1 Å². The summed E-state index contributed by atoms with van der Waals surface area (Å²) in [5.41, 5.74) is 0. The van der Waals surface area contributed by atoms with Gasteiger partial charge in [0, 0.05) is 11.4 Å². The summed E-state index contributed by atoms with van der Waals surface area (Å²) in [6, 6.07) is 3.15. The molecule has 0 fully saturated rings. The monoisotopic (exact) mass is 307 g/mol. The summed E-state index contributed by atoms with van der Waals surface area (Å²) >= 11 is 5.54. The van der Waals surface area contributed by atoms with Crippen LogP contribution in [0.15, 0.2) is 23.1 Å². The minimum absolute atomic E-state index is 0.0755. The highest BCUT2D eigenvalue weighted by atomic mass is 35.5. The van der Waals surface area contributed by atoms with Gasteiger partial charge < -0.3 is 0 Å². The number of hydrogen-bond acceptors (Lipinski definition) is 3. The molecule has 1 rings (SSSR count). The maximum atomic E-state index is 13.5. The van der Waals surface area contributed by atoms with Gasteiger partial charge in [0.25, 0.3) is 10.0 Å². The van der Waals surface area contributed by atoms with E-state index in [4.69, 9.17) is 11.6 Å². The lowest BCUT2D eigenvalue weighted by Crippen LogP contribution is -2.31. The van der Waals surface area contributed by atoms with Crippen LogP contribution >= 0.6 is 11.6 Å². The lowest BCUT2D eigenvalue weighted by molar-refractivity contribution is -0.119. The molecule has 106 valence electrons. The lowest BCUT2D eigenvalue weighted by Gasteiger charge is -2.09. The summed E-state index contributed by atoms with van der Waals surface area (Å²) in [5.74, 6) is -1.36. The van der Waals surface area contributed by atoms with Crippen LogP contribution in [0.5, 0.6) is 0 Å².